The van der Waals surface area contributed by atoms with E-state index in [0.717, 1.165) is 40.0 Å². The van der Waals surface area contributed by atoms with Crippen LogP contribution >= 0.6 is 0 Å². The van der Waals surface area contributed by atoms with Gasteiger partial charge in [0.2, 0.25) is 0 Å². The van der Waals surface area contributed by atoms with Gasteiger partial charge in [0, 0.05) is 0 Å². The maximum Gasteiger partial charge on any atom is 0.338 e. The minimum atomic E-state index is -0.335. The molecule has 1 saturated carbocycles. The second kappa shape index (κ2) is 14.1. The third kappa shape index (κ3) is 7.68. The Morgan fingerprint density at radius 2 is 1.61 bits per heavy atom. The summed E-state index contributed by atoms with van der Waals surface area (Å²) in [6.07, 6.45) is 7.50. The van der Waals surface area contributed by atoms with Crippen molar-refractivity contribution in [1.29, 1.82) is 0 Å². The van der Waals surface area contributed by atoms with Crippen LogP contribution in [0, 0.1) is 12.8 Å². The van der Waals surface area contributed by atoms with Gasteiger partial charge in [-0.05, 0) is 71.3 Å². The summed E-state index contributed by atoms with van der Waals surface area (Å²) in [5, 5.41) is 0. The van der Waals surface area contributed by atoms with Gasteiger partial charge in [0.05, 0.1) is 45.7 Å². The third-order valence-corrected chi connectivity index (χ3v) is 7.46. The van der Waals surface area contributed by atoms with Crippen LogP contribution in [0.2, 0.25) is 0 Å². The Hall–Kier alpha value is -3.15. The predicted molar refractivity (Wildman–Crippen MR) is 150 cm³/mol. The normalized spacial score (nSPS) is 14.7. The molecular formula is C33H40O5. The molecule has 0 heterocycles. The van der Waals surface area contributed by atoms with E-state index < -0.39 is 0 Å². The molecule has 38 heavy (non-hydrogen) atoms. The molecule has 1 aliphatic carbocycles. The van der Waals surface area contributed by atoms with E-state index in [4.69, 9.17) is 18.9 Å². The first kappa shape index (κ1) is 27.9. The average molecular weight is 517 g/mol. The van der Waals surface area contributed by atoms with Gasteiger partial charge in [-0.1, -0.05) is 74.6 Å². The van der Waals surface area contributed by atoms with Crippen LogP contribution in [0.4, 0.5) is 0 Å². The molecule has 4 rings (SSSR count). The summed E-state index contributed by atoms with van der Waals surface area (Å²) >= 11 is 0. The fourth-order valence-corrected chi connectivity index (χ4v) is 5.29. The lowest BCUT2D eigenvalue weighted by Gasteiger charge is -2.27. The smallest absolute Gasteiger partial charge is 0.338 e. The van der Waals surface area contributed by atoms with Crippen molar-refractivity contribution in [2.45, 2.75) is 64.8 Å². The minimum Gasteiger partial charge on any atom is -0.497 e. The van der Waals surface area contributed by atoms with E-state index >= 15 is 0 Å². The molecule has 5 nitrogen and oxygen atoms in total. The van der Waals surface area contributed by atoms with Crippen LogP contribution in [-0.4, -0.2) is 32.9 Å². The summed E-state index contributed by atoms with van der Waals surface area (Å²) in [4.78, 5) is 12.5. The zero-order valence-corrected chi connectivity index (χ0v) is 22.9. The maximum atomic E-state index is 12.5. The molecule has 3 aromatic rings. The largest absolute Gasteiger partial charge is 0.497 e. The highest BCUT2D eigenvalue weighted by molar-refractivity contribution is 5.97. The van der Waals surface area contributed by atoms with Crippen molar-refractivity contribution in [3.05, 3.63) is 89.0 Å². The Bertz CT molecular complexity index is 1160. The minimum absolute atomic E-state index is 0.0125. The average Bonchev–Trinajstić information content (AvgIpc) is 2.96. The van der Waals surface area contributed by atoms with E-state index in [1.54, 1.807) is 7.11 Å². The monoisotopic (exact) mass is 516 g/mol. The molecule has 0 aliphatic heterocycles. The molecule has 0 spiro atoms. The first-order valence-corrected chi connectivity index (χ1v) is 13.7. The highest BCUT2D eigenvalue weighted by Gasteiger charge is 2.21. The molecule has 0 bridgehead atoms. The van der Waals surface area contributed by atoms with Crippen molar-refractivity contribution in [3.63, 3.8) is 0 Å². The van der Waals surface area contributed by atoms with Gasteiger partial charge in [-0.15, -0.1) is 0 Å². The zero-order chi connectivity index (χ0) is 26.7. The Balaban J connectivity index is 1.45. The molecule has 0 radical (unpaired) electrons. The molecular weight excluding hydrogens is 476 g/mol. The van der Waals surface area contributed by atoms with Crippen LogP contribution in [0.5, 0.6) is 5.75 Å². The van der Waals surface area contributed by atoms with E-state index in [-0.39, 0.29) is 12.1 Å². The van der Waals surface area contributed by atoms with Crippen LogP contribution in [0.25, 0.3) is 11.1 Å². The Labute approximate surface area is 227 Å². The number of carbonyl (C=O) groups excluding carboxylic acids is 1. The SMILES string of the molecule is COC(=O)c1ccc(CO[C@H](COCc2ccc(OC)cc2)CC2CCCCC2)cc1-c1ccccc1C. The van der Waals surface area contributed by atoms with Crippen LogP contribution in [0.3, 0.4) is 0 Å². The number of methoxy groups -OCH3 is 2. The maximum absolute atomic E-state index is 12.5. The first-order valence-electron chi connectivity index (χ1n) is 13.7. The summed E-state index contributed by atoms with van der Waals surface area (Å²) in [5.74, 6) is 1.19. The van der Waals surface area contributed by atoms with Crippen molar-refractivity contribution in [1.82, 2.24) is 0 Å². The summed E-state index contributed by atoms with van der Waals surface area (Å²) < 4.78 is 22.9. The molecule has 202 valence electrons. The summed E-state index contributed by atoms with van der Waals surface area (Å²) in [7, 11) is 3.09. The van der Waals surface area contributed by atoms with Crippen LogP contribution in [0.15, 0.2) is 66.7 Å². The van der Waals surface area contributed by atoms with E-state index in [2.05, 4.69) is 19.1 Å². The number of hydrogen-bond donors (Lipinski definition) is 0. The number of benzene rings is 3. The van der Waals surface area contributed by atoms with E-state index in [1.807, 2.05) is 54.6 Å². The molecule has 0 unspecified atom stereocenters. The van der Waals surface area contributed by atoms with Gasteiger partial charge < -0.3 is 18.9 Å². The number of rotatable bonds is 12. The van der Waals surface area contributed by atoms with Gasteiger partial charge >= 0.3 is 5.97 Å². The molecule has 3 aromatic carbocycles. The number of hydrogen-bond acceptors (Lipinski definition) is 5. The molecule has 0 saturated heterocycles. The lowest BCUT2D eigenvalue weighted by atomic mass is 9.85. The lowest BCUT2D eigenvalue weighted by molar-refractivity contribution is -0.0424. The Morgan fingerprint density at radius 3 is 2.32 bits per heavy atom. The van der Waals surface area contributed by atoms with Gasteiger partial charge in [0.1, 0.15) is 5.75 Å². The fraction of sp³-hybridized carbons (Fsp3) is 0.424. The quantitative estimate of drug-likeness (QED) is 0.233. The number of esters is 1. The van der Waals surface area contributed by atoms with Crippen LogP contribution < -0.4 is 4.74 Å². The van der Waals surface area contributed by atoms with Crippen LogP contribution in [0.1, 0.15) is 65.6 Å². The second-order valence-electron chi connectivity index (χ2n) is 10.2. The highest BCUT2D eigenvalue weighted by atomic mass is 16.5. The van der Waals surface area contributed by atoms with Crippen molar-refractivity contribution < 1.29 is 23.7 Å². The van der Waals surface area contributed by atoms with Gasteiger partial charge in [0.25, 0.3) is 0 Å². The topological polar surface area (TPSA) is 54.0 Å². The number of aryl methyl sites for hydroxylation is 1. The number of carbonyl (C=O) groups is 1. The Morgan fingerprint density at radius 1 is 0.868 bits per heavy atom. The van der Waals surface area contributed by atoms with Crippen LogP contribution in [-0.2, 0) is 27.4 Å². The molecule has 0 aromatic heterocycles. The molecule has 0 N–H and O–H groups in total. The second-order valence-corrected chi connectivity index (χ2v) is 10.2. The summed E-state index contributed by atoms with van der Waals surface area (Å²) in [6.45, 7) is 3.61. The number of ether oxygens (including phenoxy) is 4. The fourth-order valence-electron chi connectivity index (χ4n) is 5.29. The van der Waals surface area contributed by atoms with Gasteiger partial charge in [-0.3, -0.25) is 0 Å². The highest BCUT2D eigenvalue weighted by Crippen LogP contribution is 2.31. The molecule has 1 atom stereocenters. The molecule has 0 amide bonds. The van der Waals surface area contributed by atoms with Gasteiger partial charge in [-0.25, -0.2) is 4.79 Å². The lowest BCUT2D eigenvalue weighted by Crippen LogP contribution is -2.24. The summed E-state index contributed by atoms with van der Waals surface area (Å²) in [6, 6.07) is 21.9. The summed E-state index contributed by atoms with van der Waals surface area (Å²) in [5.41, 5.74) is 5.71. The third-order valence-electron chi connectivity index (χ3n) is 7.46. The first-order chi connectivity index (χ1) is 18.6. The van der Waals surface area contributed by atoms with Crippen molar-refractivity contribution >= 4 is 5.97 Å². The van der Waals surface area contributed by atoms with Gasteiger partial charge in [0.15, 0.2) is 0 Å². The van der Waals surface area contributed by atoms with Gasteiger partial charge in [-0.2, -0.15) is 0 Å². The molecule has 1 aliphatic rings. The van der Waals surface area contributed by atoms with Crippen molar-refractivity contribution in [2.75, 3.05) is 20.8 Å². The van der Waals surface area contributed by atoms with E-state index in [9.17, 15) is 4.79 Å². The zero-order valence-electron chi connectivity index (χ0n) is 22.9. The van der Waals surface area contributed by atoms with Crippen molar-refractivity contribution in [3.8, 4) is 16.9 Å². The van der Waals surface area contributed by atoms with Crippen molar-refractivity contribution in [2.24, 2.45) is 5.92 Å². The molecule has 1 fully saturated rings. The molecule has 5 heteroatoms. The van der Waals surface area contributed by atoms with E-state index in [1.165, 1.54) is 39.2 Å². The Kier molecular flexibility index (Phi) is 10.4. The predicted octanol–water partition coefficient (Wildman–Crippen LogP) is 7.53. The standard InChI is InChI=1S/C33H40O5/c1-24-9-7-8-12-30(24)32-20-27(15-18-31(32)33(34)36-3)22-38-29(19-25-10-5-4-6-11-25)23-37-21-26-13-16-28(35-2)17-14-26/h7-9,12-18,20,25,29H,4-6,10-11,19,21-23H2,1-3H3/t29-/m0/s1. The van der Waals surface area contributed by atoms with E-state index in [0.29, 0.717) is 31.3 Å².